The van der Waals surface area contributed by atoms with Crippen LogP contribution in [0.2, 0.25) is 0 Å². The van der Waals surface area contributed by atoms with E-state index in [9.17, 15) is 19.5 Å². The number of aryl methyl sites for hydroxylation is 1. The first-order valence-corrected chi connectivity index (χ1v) is 12.7. The van der Waals surface area contributed by atoms with Gasteiger partial charge in [-0.05, 0) is 52.7 Å². The summed E-state index contributed by atoms with van der Waals surface area (Å²) in [5, 5.41) is 20.0. The molecule has 40 heavy (non-hydrogen) atoms. The van der Waals surface area contributed by atoms with E-state index in [1.165, 1.54) is 45.8 Å². The summed E-state index contributed by atoms with van der Waals surface area (Å²) in [6.07, 6.45) is 4.28. The number of nitrogens with zero attached hydrogens (tertiary/aromatic N) is 6. The molecular formula is C26H30N8O6. The van der Waals surface area contributed by atoms with Crippen molar-refractivity contribution in [1.82, 2.24) is 29.5 Å². The fourth-order valence-corrected chi connectivity index (χ4v) is 4.06. The summed E-state index contributed by atoms with van der Waals surface area (Å²) in [5.74, 6) is -0.0887. The highest BCUT2D eigenvalue weighted by molar-refractivity contribution is 6.00. The van der Waals surface area contributed by atoms with E-state index >= 15 is 0 Å². The van der Waals surface area contributed by atoms with Crippen LogP contribution in [0.1, 0.15) is 49.7 Å². The number of hydrogen-bond donors (Lipinski definition) is 3. The molecule has 2 amide bonds. The number of aliphatic hydroxyl groups excluding tert-OH is 1. The number of rotatable bonds is 6. The zero-order valence-electron chi connectivity index (χ0n) is 22.7. The molecule has 0 radical (unpaired) electrons. The van der Waals surface area contributed by atoms with Crippen molar-refractivity contribution in [3.63, 3.8) is 0 Å². The van der Waals surface area contributed by atoms with Gasteiger partial charge in [0.15, 0.2) is 5.65 Å². The lowest BCUT2D eigenvalue weighted by atomic mass is 9.89. The molecule has 4 heterocycles. The van der Waals surface area contributed by atoms with Gasteiger partial charge in [0, 0.05) is 19.3 Å². The number of pyridine rings is 1. The first-order valence-electron chi connectivity index (χ1n) is 12.7. The number of carbonyl (C=O) groups is 2. The second-order valence-corrected chi connectivity index (χ2v) is 10.6. The topological polar surface area (TPSA) is 169 Å². The van der Waals surface area contributed by atoms with Crippen LogP contribution in [-0.4, -0.2) is 66.1 Å². The number of ether oxygens (including phenoxy) is 1. The van der Waals surface area contributed by atoms with Gasteiger partial charge in [-0.1, -0.05) is 0 Å². The van der Waals surface area contributed by atoms with Crippen molar-refractivity contribution >= 4 is 35.0 Å². The smallest absolute Gasteiger partial charge is 0.415 e. The highest BCUT2D eigenvalue weighted by atomic mass is 16.6. The van der Waals surface area contributed by atoms with E-state index in [-0.39, 0.29) is 40.6 Å². The quantitative estimate of drug-likeness (QED) is 0.324. The van der Waals surface area contributed by atoms with E-state index in [1.807, 2.05) is 0 Å². The zero-order valence-corrected chi connectivity index (χ0v) is 22.7. The molecule has 3 N–H and O–H groups in total. The molecule has 0 aromatic carbocycles. The Hall–Kier alpha value is -4.72. The van der Waals surface area contributed by atoms with Crippen molar-refractivity contribution in [3.05, 3.63) is 58.5 Å². The standard InChI is InChI=1S/C26H30N8O6/c1-14-13-39-24(28-14)33-10-6-7-17(23(33)37)29-19-11-20(32(5)25(38)40-26(2,3)4)34-21(31-19)15(12-27-34)22(36)30-16-8-9-18(16)35/h6-7,10-13,16,18,35H,8-9H2,1-5H3,(H,29,31)(H,30,36)/t16?,18-/m1/s1. The lowest BCUT2D eigenvalue weighted by molar-refractivity contribution is 0.0448. The molecule has 2 atom stereocenters. The monoisotopic (exact) mass is 550 g/mol. The van der Waals surface area contributed by atoms with Crippen LogP contribution in [0.3, 0.4) is 0 Å². The Labute approximate surface area is 228 Å². The maximum atomic E-state index is 13.2. The number of nitrogens with one attached hydrogen (secondary N) is 2. The predicted octanol–water partition coefficient (Wildman–Crippen LogP) is 2.54. The van der Waals surface area contributed by atoms with Crippen LogP contribution >= 0.6 is 0 Å². The van der Waals surface area contributed by atoms with Crippen LogP contribution in [0.25, 0.3) is 11.7 Å². The van der Waals surface area contributed by atoms with Crippen LogP contribution < -0.4 is 21.1 Å². The van der Waals surface area contributed by atoms with Gasteiger partial charge in [0.05, 0.1) is 24.0 Å². The highest BCUT2D eigenvalue weighted by Gasteiger charge is 2.32. The van der Waals surface area contributed by atoms with Crippen molar-refractivity contribution in [2.24, 2.45) is 0 Å². The maximum Gasteiger partial charge on any atom is 0.415 e. The summed E-state index contributed by atoms with van der Waals surface area (Å²) in [4.78, 5) is 49.2. The number of hydrogen-bond acceptors (Lipinski definition) is 10. The number of aromatic nitrogens is 5. The molecule has 5 rings (SSSR count). The minimum atomic E-state index is -0.759. The van der Waals surface area contributed by atoms with Gasteiger partial charge in [-0.2, -0.15) is 14.6 Å². The van der Waals surface area contributed by atoms with E-state index in [1.54, 1.807) is 39.8 Å². The lowest BCUT2D eigenvalue weighted by Gasteiger charge is -2.32. The predicted molar refractivity (Wildman–Crippen MR) is 144 cm³/mol. The van der Waals surface area contributed by atoms with Gasteiger partial charge in [-0.25, -0.2) is 14.3 Å². The van der Waals surface area contributed by atoms with E-state index in [2.05, 4.69) is 25.7 Å². The normalized spacial score (nSPS) is 16.9. The molecule has 0 bridgehead atoms. The molecule has 1 unspecified atom stereocenters. The molecule has 1 aliphatic rings. The third-order valence-corrected chi connectivity index (χ3v) is 6.29. The average molecular weight is 551 g/mol. The van der Waals surface area contributed by atoms with Crippen LogP contribution in [0.5, 0.6) is 0 Å². The first kappa shape index (κ1) is 26.9. The number of fused-ring (bicyclic) bond motifs is 1. The largest absolute Gasteiger partial charge is 0.443 e. The molecule has 210 valence electrons. The van der Waals surface area contributed by atoms with E-state index in [4.69, 9.17) is 9.15 Å². The van der Waals surface area contributed by atoms with Gasteiger partial charge in [-0.15, -0.1) is 0 Å². The van der Waals surface area contributed by atoms with E-state index in [0.29, 0.717) is 18.5 Å². The molecule has 14 heteroatoms. The molecule has 14 nitrogen and oxygen atoms in total. The first-order chi connectivity index (χ1) is 18.9. The zero-order chi connectivity index (χ0) is 28.8. The Morgan fingerprint density at radius 2 is 2.02 bits per heavy atom. The van der Waals surface area contributed by atoms with E-state index in [0.717, 1.165) is 0 Å². The average Bonchev–Trinajstić information content (AvgIpc) is 3.52. The third-order valence-electron chi connectivity index (χ3n) is 6.29. The molecule has 4 aromatic rings. The van der Waals surface area contributed by atoms with Crippen molar-refractivity contribution in [2.75, 3.05) is 17.3 Å². The van der Waals surface area contributed by atoms with Crippen molar-refractivity contribution < 1.29 is 23.8 Å². The Kier molecular flexibility index (Phi) is 6.79. The summed E-state index contributed by atoms with van der Waals surface area (Å²) in [5.41, 5.74) is -0.209. The molecule has 1 fully saturated rings. The van der Waals surface area contributed by atoms with Crippen LogP contribution in [0.15, 0.2) is 46.1 Å². The number of oxazole rings is 1. The fraction of sp³-hybridized carbons (Fsp3) is 0.385. The lowest BCUT2D eigenvalue weighted by Crippen LogP contribution is -2.50. The van der Waals surface area contributed by atoms with Crippen molar-refractivity contribution in [3.8, 4) is 6.01 Å². The fourth-order valence-electron chi connectivity index (χ4n) is 4.06. The summed E-state index contributed by atoms with van der Waals surface area (Å²) < 4.78 is 13.5. The Morgan fingerprint density at radius 1 is 1.25 bits per heavy atom. The van der Waals surface area contributed by atoms with Crippen molar-refractivity contribution in [2.45, 2.75) is 58.3 Å². The molecule has 0 spiro atoms. The Balaban J connectivity index is 1.56. The molecule has 1 aliphatic carbocycles. The van der Waals surface area contributed by atoms with Gasteiger partial charge < -0.3 is 24.9 Å². The van der Waals surface area contributed by atoms with Gasteiger partial charge in [0.1, 0.15) is 34.8 Å². The SMILES string of the molecule is Cc1coc(-n2cccc(Nc3cc(N(C)C(=O)OC(C)(C)C)n4ncc(C(=O)NC5CC[C@H]5O)c4n3)c2=O)n1. The van der Waals surface area contributed by atoms with Gasteiger partial charge in [0.2, 0.25) is 0 Å². The van der Waals surface area contributed by atoms with Gasteiger partial charge >= 0.3 is 12.1 Å². The van der Waals surface area contributed by atoms with Crippen molar-refractivity contribution in [1.29, 1.82) is 0 Å². The minimum Gasteiger partial charge on any atom is -0.443 e. The molecule has 1 saturated carbocycles. The second-order valence-electron chi connectivity index (χ2n) is 10.6. The number of amides is 2. The van der Waals surface area contributed by atoms with Crippen LogP contribution in [0, 0.1) is 6.92 Å². The summed E-state index contributed by atoms with van der Waals surface area (Å²) in [7, 11) is 1.50. The van der Waals surface area contributed by atoms with Crippen LogP contribution in [-0.2, 0) is 4.74 Å². The summed E-state index contributed by atoms with van der Waals surface area (Å²) in [6, 6.07) is 4.44. The second kappa shape index (κ2) is 10.1. The molecular weight excluding hydrogens is 520 g/mol. The Morgan fingerprint density at radius 3 is 2.65 bits per heavy atom. The van der Waals surface area contributed by atoms with Gasteiger partial charge in [-0.3, -0.25) is 14.5 Å². The Bertz CT molecular complexity index is 1650. The van der Waals surface area contributed by atoms with Crippen LogP contribution in [0.4, 0.5) is 22.1 Å². The number of aliphatic hydroxyl groups is 1. The summed E-state index contributed by atoms with van der Waals surface area (Å²) in [6.45, 7) is 6.98. The molecule has 0 saturated heterocycles. The van der Waals surface area contributed by atoms with E-state index < -0.39 is 29.3 Å². The molecule has 4 aromatic heterocycles. The number of anilines is 3. The van der Waals surface area contributed by atoms with Gasteiger partial charge in [0.25, 0.3) is 11.5 Å². The third kappa shape index (κ3) is 5.25. The maximum absolute atomic E-state index is 13.2. The molecule has 0 aliphatic heterocycles. The highest BCUT2D eigenvalue weighted by Crippen LogP contribution is 2.26. The summed E-state index contributed by atoms with van der Waals surface area (Å²) >= 11 is 0. The number of carbonyl (C=O) groups excluding carboxylic acids is 2. The minimum absolute atomic E-state index is 0.104.